The smallest absolute Gasteiger partial charge is 0.261 e. The highest BCUT2D eigenvalue weighted by atomic mass is 79.9. The number of carbonyl (C=O) groups is 3. The van der Waals surface area contributed by atoms with E-state index in [0.717, 1.165) is 15.6 Å². The maximum absolute atomic E-state index is 12.4. The van der Waals surface area contributed by atoms with E-state index in [9.17, 15) is 14.4 Å². The van der Waals surface area contributed by atoms with Crippen LogP contribution in [-0.2, 0) is 4.79 Å². The van der Waals surface area contributed by atoms with Gasteiger partial charge in [0.15, 0.2) is 0 Å². The van der Waals surface area contributed by atoms with Gasteiger partial charge in [-0.05, 0) is 44.0 Å². The van der Waals surface area contributed by atoms with Crippen LogP contribution in [0.3, 0.4) is 0 Å². The lowest BCUT2D eigenvalue weighted by Crippen LogP contribution is -2.32. The van der Waals surface area contributed by atoms with Crippen LogP contribution < -0.4 is 5.32 Å². The summed E-state index contributed by atoms with van der Waals surface area (Å²) in [5.74, 6) is -0.664. The molecule has 1 atom stereocenters. The molecule has 0 radical (unpaired) electrons. The molecule has 5 nitrogen and oxygen atoms in total. The number of aryl methyl sites for hydroxylation is 1. The second-order valence-corrected chi connectivity index (χ2v) is 7.58. The molecule has 0 aliphatic carbocycles. The van der Waals surface area contributed by atoms with Crippen LogP contribution in [0.5, 0.6) is 0 Å². The Labute approximate surface area is 166 Å². The summed E-state index contributed by atoms with van der Waals surface area (Å²) in [6.07, 6.45) is 0.681. The van der Waals surface area contributed by atoms with Gasteiger partial charge in [-0.25, -0.2) is 0 Å². The highest BCUT2D eigenvalue weighted by Crippen LogP contribution is 2.25. The third-order valence-corrected chi connectivity index (χ3v) is 5.38. The van der Waals surface area contributed by atoms with Crippen LogP contribution in [0.2, 0.25) is 0 Å². The largest absolute Gasteiger partial charge is 0.350 e. The number of fused-ring (bicyclic) bond motifs is 1. The minimum atomic E-state index is -0.281. The van der Waals surface area contributed by atoms with E-state index in [0.29, 0.717) is 17.5 Å². The Hall–Kier alpha value is -2.47. The second kappa shape index (κ2) is 8.05. The normalized spacial score (nSPS) is 14.3. The Kier molecular flexibility index (Phi) is 5.75. The summed E-state index contributed by atoms with van der Waals surface area (Å²) in [7, 11) is 0. The minimum Gasteiger partial charge on any atom is -0.350 e. The summed E-state index contributed by atoms with van der Waals surface area (Å²) in [6.45, 7) is 4.05. The fourth-order valence-electron chi connectivity index (χ4n) is 3.22. The number of benzene rings is 2. The molecule has 2 aromatic carbocycles. The van der Waals surface area contributed by atoms with Gasteiger partial charge < -0.3 is 5.32 Å². The monoisotopic (exact) mass is 428 g/mol. The third-order valence-electron chi connectivity index (χ3n) is 4.66. The van der Waals surface area contributed by atoms with Crippen molar-refractivity contribution in [2.24, 2.45) is 0 Å². The van der Waals surface area contributed by atoms with Crippen molar-refractivity contribution >= 4 is 33.7 Å². The van der Waals surface area contributed by atoms with Gasteiger partial charge in [0.05, 0.1) is 17.2 Å². The Morgan fingerprint density at radius 1 is 1.11 bits per heavy atom. The van der Waals surface area contributed by atoms with Crippen molar-refractivity contribution in [2.75, 3.05) is 6.54 Å². The fraction of sp³-hybridized carbons (Fsp3) is 0.286. The summed E-state index contributed by atoms with van der Waals surface area (Å²) in [4.78, 5) is 38.3. The van der Waals surface area contributed by atoms with Gasteiger partial charge >= 0.3 is 0 Å². The molecule has 0 aromatic heterocycles. The first-order valence-electron chi connectivity index (χ1n) is 8.89. The van der Waals surface area contributed by atoms with E-state index in [1.54, 1.807) is 12.1 Å². The first-order chi connectivity index (χ1) is 12.9. The zero-order valence-electron chi connectivity index (χ0n) is 15.3. The summed E-state index contributed by atoms with van der Waals surface area (Å²) in [5, 5.41) is 2.95. The maximum Gasteiger partial charge on any atom is 0.261 e. The van der Waals surface area contributed by atoms with Crippen LogP contribution in [0, 0.1) is 6.92 Å². The zero-order chi connectivity index (χ0) is 19.6. The van der Waals surface area contributed by atoms with E-state index in [1.807, 2.05) is 44.2 Å². The van der Waals surface area contributed by atoms with E-state index < -0.39 is 0 Å². The molecular formula is C21H21BrN2O3. The van der Waals surface area contributed by atoms with Crippen molar-refractivity contribution in [1.29, 1.82) is 0 Å². The number of carbonyl (C=O) groups excluding carboxylic acids is 3. The van der Waals surface area contributed by atoms with Crippen LogP contribution in [0.25, 0.3) is 0 Å². The molecule has 0 spiro atoms. The van der Waals surface area contributed by atoms with Gasteiger partial charge in [0, 0.05) is 17.4 Å². The number of hydrogen-bond donors (Lipinski definition) is 1. The van der Waals surface area contributed by atoms with Crippen LogP contribution in [0.4, 0.5) is 0 Å². The quantitative estimate of drug-likeness (QED) is 0.706. The SMILES string of the molecule is Cc1ccc2c(c1)C(=O)N(CCCC(=O)N[C@H](C)c1ccccc1Br)C2=O. The molecule has 3 amide bonds. The van der Waals surface area contributed by atoms with Gasteiger partial charge in [-0.1, -0.05) is 45.8 Å². The van der Waals surface area contributed by atoms with Crippen LogP contribution in [0.1, 0.15) is 57.7 Å². The Balaban J connectivity index is 1.53. The molecule has 1 aliphatic rings. The van der Waals surface area contributed by atoms with Gasteiger partial charge in [0.1, 0.15) is 0 Å². The van der Waals surface area contributed by atoms with Gasteiger partial charge in [-0.3, -0.25) is 19.3 Å². The number of amides is 3. The topological polar surface area (TPSA) is 66.5 Å². The van der Waals surface area contributed by atoms with Gasteiger partial charge in [0.2, 0.25) is 5.91 Å². The van der Waals surface area contributed by atoms with E-state index >= 15 is 0 Å². The lowest BCUT2D eigenvalue weighted by Gasteiger charge is -2.17. The number of nitrogens with zero attached hydrogens (tertiary/aromatic N) is 1. The standard InChI is InChI=1S/C21H21BrN2O3/c1-13-9-10-16-17(12-13)21(27)24(20(16)26)11-5-8-19(25)23-14(2)15-6-3-4-7-18(15)22/h3-4,6-7,9-10,12,14H,5,8,11H2,1-2H3,(H,23,25)/t14-/m1/s1. The van der Waals surface area contributed by atoms with E-state index in [4.69, 9.17) is 0 Å². The van der Waals surface area contributed by atoms with Crippen molar-refractivity contribution in [3.63, 3.8) is 0 Å². The molecule has 0 bridgehead atoms. The molecule has 0 unspecified atom stereocenters. The van der Waals surface area contributed by atoms with Crippen molar-refractivity contribution in [3.05, 3.63) is 69.2 Å². The Morgan fingerprint density at radius 2 is 1.81 bits per heavy atom. The lowest BCUT2D eigenvalue weighted by molar-refractivity contribution is -0.121. The van der Waals surface area contributed by atoms with E-state index in [2.05, 4.69) is 21.2 Å². The van der Waals surface area contributed by atoms with Gasteiger partial charge in [-0.15, -0.1) is 0 Å². The fourth-order valence-corrected chi connectivity index (χ4v) is 3.85. The Bertz CT molecular complexity index is 910. The first kappa shape index (κ1) is 19.3. The van der Waals surface area contributed by atoms with Crippen LogP contribution in [0.15, 0.2) is 46.9 Å². The molecule has 27 heavy (non-hydrogen) atoms. The summed E-state index contributed by atoms with van der Waals surface area (Å²) < 4.78 is 0.944. The van der Waals surface area contributed by atoms with Crippen molar-refractivity contribution in [3.8, 4) is 0 Å². The highest BCUT2D eigenvalue weighted by molar-refractivity contribution is 9.10. The average molecular weight is 429 g/mol. The number of imide groups is 1. The number of nitrogens with one attached hydrogen (secondary N) is 1. The number of rotatable bonds is 6. The predicted octanol–water partition coefficient (Wildman–Crippen LogP) is 4.01. The molecule has 140 valence electrons. The van der Waals surface area contributed by atoms with Crippen molar-refractivity contribution in [1.82, 2.24) is 10.2 Å². The summed E-state index contributed by atoms with van der Waals surface area (Å²) >= 11 is 3.48. The Morgan fingerprint density at radius 3 is 2.56 bits per heavy atom. The average Bonchev–Trinajstić information content (AvgIpc) is 2.86. The molecule has 0 saturated carbocycles. The maximum atomic E-state index is 12.4. The molecule has 1 aliphatic heterocycles. The van der Waals surface area contributed by atoms with E-state index in [1.165, 1.54) is 4.90 Å². The van der Waals surface area contributed by atoms with E-state index in [-0.39, 0.29) is 36.7 Å². The van der Waals surface area contributed by atoms with Crippen LogP contribution >= 0.6 is 15.9 Å². The van der Waals surface area contributed by atoms with Crippen LogP contribution in [-0.4, -0.2) is 29.2 Å². The zero-order valence-corrected chi connectivity index (χ0v) is 16.9. The molecule has 6 heteroatoms. The minimum absolute atomic E-state index is 0.106. The van der Waals surface area contributed by atoms with Gasteiger partial charge in [-0.2, -0.15) is 0 Å². The molecular weight excluding hydrogens is 408 g/mol. The van der Waals surface area contributed by atoms with Gasteiger partial charge in [0.25, 0.3) is 11.8 Å². The third kappa shape index (κ3) is 4.11. The second-order valence-electron chi connectivity index (χ2n) is 6.73. The highest BCUT2D eigenvalue weighted by Gasteiger charge is 2.34. The molecule has 0 saturated heterocycles. The molecule has 3 rings (SSSR count). The number of halogens is 1. The van der Waals surface area contributed by atoms with Crippen molar-refractivity contribution < 1.29 is 14.4 Å². The lowest BCUT2D eigenvalue weighted by atomic mass is 10.1. The molecule has 0 fully saturated rings. The summed E-state index contributed by atoms with van der Waals surface area (Å²) in [5.41, 5.74) is 2.84. The predicted molar refractivity (Wildman–Crippen MR) is 106 cm³/mol. The summed E-state index contributed by atoms with van der Waals surface area (Å²) in [6, 6.07) is 12.9. The molecule has 1 heterocycles. The van der Waals surface area contributed by atoms with Crippen molar-refractivity contribution in [2.45, 2.75) is 32.7 Å². The first-order valence-corrected chi connectivity index (χ1v) is 9.68. The number of hydrogen-bond acceptors (Lipinski definition) is 3. The molecule has 1 N–H and O–H groups in total. The molecule has 2 aromatic rings.